The Balaban J connectivity index is 1.97. The number of likely N-dealkylation sites (tertiary alicyclic amines) is 1. The van der Waals surface area contributed by atoms with Gasteiger partial charge in [0.15, 0.2) is 5.54 Å². The molecule has 0 aromatic heterocycles. The summed E-state index contributed by atoms with van der Waals surface area (Å²) >= 11 is 0. The number of rotatable bonds is 2. The van der Waals surface area contributed by atoms with Crippen LogP contribution in [-0.2, 0) is 9.53 Å². The second kappa shape index (κ2) is 5.50. The van der Waals surface area contributed by atoms with Crippen LogP contribution in [0.25, 0.3) is 0 Å². The Kier molecular flexibility index (Phi) is 4.27. The van der Waals surface area contributed by atoms with Crippen LogP contribution in [0.2, 0.25) is 0 Å². The van der Waals surface area contributed by atoms with Crippen molar-refractivity contribution in [3.63, 3.8) is 0 Å². The molecular formula is C12H20F3N3O2. The highest BCUT2D eigenvalue weighted by molar-refractivity contribution is 5.87. The third kappa shape index (κ3) is 2.91. The predicted octanol–water partition coefficient (Wildman–Crippen LogP) is 0.199. The van der Waals surface area contributed by atoms with Gasteiger partial charge in [0.25, 0.3) is 5.91 Å². The number of morpholine rings is 1. The van der Waals surface area contributed by atoms with Gasteiger partial charge in [0.1, 0.15) is 0 Å². The van der Waals surface area contributed by atoms with Crippen molar-refractivity contribution in [3.8, 4) is 0 Å². The highest BCUT2D eigenvalue weighted by Crippen LogP contribution is 2.31. The van der Waals surface area contributed by atoms with Crippen molar-refractivity contribution in [3.05, 3.63) is 0 Å². The van der Waals surface area contributed by atoms with Crippen LogP contribution in [0.1, 0.15) is 13.3 Å². The normalized spacial score (nSPS) is 28.4. The molecule has 8 heteroatoms. The zero-order valence-electron chi connectivity index (χ0n) is 11.4. The van der Waals surface area contributed by atoms with Crippen LogP contribution in [0.3, 0.4) is 0 Å². The Morgan fingerprint density at radius 1 is 1.25 bits per heavy atom. The molecule has 2 heterocycles. The van der Waals surface area contributed by atoms with Crippen molar-refractivity contribution < 1.29 is 22.7 Å². The predicted molar refractivity (Wildman–Crippen MR) is 66.0 cm³/mol. The standard InChI is InChI=1S/C12H20F3N3O2/c1-11(16,12(13,14)15)10(19)18-3-2-9(8-18)17-4-6-20-7-5-17/h9H,2-8,16H2,1H3. The first-order valence-electron chi connectivity index (χ1n) is 6.70. The molecule has 1 amide bonds. The number of nitrogens with two attached hydrogens (primary N) is 1. The van der Waals surface area contributed by atoms with Gasteiger partial charge in [0, 0.05) is 32.2 Å². The fourth-order valence-corrected chi connectivity index (χ4v) is 2.62. The average Bonchev–Trinajstić information content (AvgIpc) is 2.87. The van der Waals surface area contributed by atoms with Crippen LogP contribution in [0.5, 0.6) is 0 Å². The Bertz CT molecular complexity index is 367. The van der Waals surface area contributed by atoms with E-state index < -0.39 is 17.6 Å². The van der Waals surface area contributed by atoms with Crippen LogP contribution in [0.4, 0.5) is 13.2 Å². The molecule has 0 saturated carbocycles. The largest absolute Gasteiger partial charge is 0.415 e. The summed E-state index contributed by atoms with van der Waals surface area (Å²) in [6, 6.07) is 0.104. The van der Waals surface area contributed by atoms with E-state index in [9.17, 15) is 18.0 Å². The van der Waals surface area contributed by atoms with Crippen molar-refractivity contribution in [2.24, 2.45) is 5.73 Å². The van der Waals surface area contributed by atoms with Gasteiger partial charge >= 0.3 is 6.18 Å². The fourth-order valence-electron chi connectivity index (χ4n) is 2.62. The zero-order valence-corrected chi connectivity index (χ0v) is 11.4. The Labute approximate surface area is 115 Å². The van der Waals surface area contributed by atoms with E-state index in [0.29, 0.717) is 32.7 Å². The van der Waals surface area contributed by atoms with Crippen molar-refractivity contribution >= 4 is 5.91 Å². The number of alkyl halides is 3. The van der Waals surface area contributed by atoms with Crippen LogP contribution < -0.4 is 5.73 Å². The second-order valence-corrected chi connectivity index (χ2v) is 5.54. The molecular weight excluding hydrogens is 275 g/mol. The highest BCUT2D eigenvalue weighted by Gasteiger charge is 2.56. The van der Waals surface area contributed by atoms with Crippen LogP contribution in [0.15, 0.2) is 0 Å². The topological polar surface area (TPSA) is 58.8 Å². The summed E-state index contributed by atoms with van der Waals surface area (Å²) in [4.78, 5) is 15.4. The summed E-state index contributed by atoms with van der Waals surface area (Å²) in [6.07, 6.45) is -4.05. The molecule has 0 spiro atoms. The van der Waals surface area contributed by atoms with Gasteiger partial charge in [0.05, 0.1) is 13.2 Å². The lowest BCUT2D eigenvalue weighted by Crippen LogP contribution is -2.62. The summed E-state index contributed by atoms with van der Waals surface area (Å²) in [7, 11) is 0. The molecule has 0 aromatic rings. The molecule has 5 nitrogen and oxygen atoms in total. The summed E-state index contributed by atoms with van der Waals surface area (Å²) in [5.41, 5.74) is 2.38. The molecule has 2 atom stereocenters. The summed E-state index contributed by atoms with van der Waals surface area (Å²) in [6.45, 7) is 4.13. The van der Waals surface area contributed by atoms with E-state index in [1.165, 1.54) is 4.90 Å². The first-order chi connectivity index (χ1) is 9.23. The molecule has 0 aromatic carbocycles. The monoisotopic (exact) mass is 295 g/mol. The number of halogens is 3. The lowest BCUT2D eigenvalue weighted by atomic mass is 10.0. The second-order valence-electron chi connectivity index (χ2n) is 5.54. The number of hydrogen-bond acceptors (Lipinski definition) is 4. The van der Waals surface area contributed by atoms with Crippen LogP contribution >= 0.6 is 0 Å². The maximum Gasteiger partial charge on any atom is 0.415 e. The van der Waals surface area contributed by atoms with E-state index in [0.717, 1.165) is 20.0 Å². The fraction of sp³-hybridized carbons (Fsp3) is 0.917. The van der Waals surface area contributed by atoms with E-state index in [2.05, 4.69) is 4.90 Å². The Morgan fingerprint density at radius 2 is 1.85 bits per heavy atom. The summed E-state index contributed by atoms with van der Waals surface area (Å²) < 4.78 is 43.6. The van der Waals surface area contributed by atoms with Gasteiger partial charge in [-0.25, -0.2) is 0 Å². The molecule has 2 rings (SSSR count). The first kappa shape index (κ1) is 15.5. The number of carbonyl (C=O) groups is 1. The van der Waals surface area contributed by atoms with Crippen LogP contribution in [0, 0.1) is 0 Å². The van der Waals surface area contributed by atoms with Crippen molar-refractivity contribution in [1.82, 2.24) is 9.80 Å². The molecule has 0 aliphatic carbocycles. The molecule has 116 valence electrons. The quantitative estimate of drug-likeness (QED) is 0.790. The summed E-state index contributed by atoms with van der Waals surface area (Å²) in [5, 5.41) is 0. The maximum absolute atomic E-state index is 12.8. The van der Waals surface area contributed by atoms with Crippen molar-refractivity contribution in [1.29, 1.82) is 0 Å². The maximum atomic E-state index is 12.8. The Hall–Kier alpha value is -0.860. The number of ether oxygens (including phenoxy) is 1. The third-order valence-electron chi connectivity index (χ3n) is 4.05. The van der Waals surface area contributed by atoms with Gasteiger partial charge < -0.3 is 15.4 Å². The van der Waals surface area contributed by atoms with Gasteiger partial charge in [-0.3, -0.25) is 9.69 Å². The minimum atomic E-state index is -4.73. The van der Waals surface area contributed by atoms with E-state index in [-0.39, 0.29) is 6.04 Å². The average molecular weight is 295 g/mol. The zero-order chi connectivity index (χ0) is 15.0. The van der Waals surface area contributed by atoms with E-state index in [4.69, 9.17) is 10.5 Å². The lowest BCUT2D eigenvalue weighted by Gasteiger charge is -2.33. The van der Waals surface area contributed by atoms with E-state index >= 15 is 0 Å². The van der Waals surface area contributed by atoms with Gasteiger partial charge in [-0.2, -0.15) is 13.2 Å². The van der Waals surface area contributed by atoms with Gasteiger partial charge in [-0.05, 0) is 13.3 Å². The third-order valence-corrected chi connectivity index (χ3v) is 4.05. The van der Waals surface area contributed by atoms with E-state index in [1.807, 2.05) is 0 Å². The van der Waals surface area contributed by atoms with Gasteiger partial charge in [-0.15, -0.1) is 0 Å². The number of nitrogens with zero attached hydrogens (tertiary/aromatic N) is 2. The molecule has 2 saturated heterocycles. The van der Waals surface area contributed by atoms with Crippen molar-refractivity contribution in [2.75, 3.05) is 39.4 Å². The molecule has 0 radical (unpaired) electrons. The molecule has 2 N–H and O–H groups in total. The smallest absolute Gasteiger partial charge is 0.379 e. The molecule has 20 heavy (non-hydrogen) atoms. The first-order valence-corrected chi connectivity index (χ1v) is 6.70. The number of amides is 1. The lowest BCUT2D eigenvalue weighted by molar-refractivity contribution is -0.193. The minimum Gasteiger partial charge on any atom is -0.379 e. The molecule has 0 bridgehead atoms. The molecule has 2 aliphatic rings. The SMILES string of the molecule is CC(N)(C(=O)N1CCC(N2CCOCC2)C1)C(F)(F)F. The van der Waals surface area contributed by atoms with Gasteiger partial charge in [0.2, 0.25) is 0 Å². The minimum absolute atomic E-state index is 0.104. The van der Waals surface area contributed by atoms with Crippen molar-refractivity contribution in [2.45, 2.75) is 31.1 Å². The Morgan fingerprint density at radius 3 is 2.40 bits per heavy atom. The molecule has 2 fully saturated rings. The highest BCUT2D eigenvalue weighted by atomic mass is 19.4. The summed E-state index contributed by atoms with van der Waals surface area (Å²) in [5.74, 6) is -1.04. The van der Waals surface area contributed by atoms with Crippen LogP contribution in [-0.4, -0.2) is 72.9 Å². The number of hydrogen-bond donors (Lipinski definition) is 1. The molecule has 2 unspecified atom stereocenters. The number of carbonyl (C=O) groups excluding carboxylic acids is 1. The molecule has 2 aliphatic heterocycles. The van der Waals surface area contributed by atoms with Gasteiger partial charge in [-0.1, -0.05) is 0 Å². The van der Waals surface area contributed by atoms with E-state index in [1.54, 1.807) is 0 Å².